The topological polar surface area (TPSA) is 115 Å². The number of hydrogen-bond donors (Lipinski definition) is 2. The molecule has 3 N–H and O–H groups in total. The van der Waals surface area contributed by atoms with Crippen LogP contribution in [0.2, 0.25) is 0 Å². The number of anilines is 1. The number of hydrogen-bond acceptors (Lipinski definition) is 5. The Balaban J connectivity index is 2.40. The quantitative estimate of drug-likeness (QED) is 0.499. The van der Waals surface area contributed by atoms with Crippen LogP contribution in [0.15, 0.2) is 17.0 Å². The molecule has 1 fully saturated rings. The average Bonchev–Trinajstić information content (AvgIpc) is 2.79. The van der Waals surface area contributed by atoms with Gasteiger partial charge in [0, 0.05) is 12.1 Å². The summed E-state index contributed by atoms with van der Waals surface area (Å²) in [5.74, 6) is 0. The fraction of sp³-hybridized carbons (Fsp3) is 0.500. The van der Waals surface area contributed by atoms with Crippen LogP contribution in [0.3, 0.4) is 0 Å². The highest BCUT2D eigenvalue weighted by Gasteiger charge is 2.27. The largest absolute Gasteiger partial charge is 0.393 e. The van der Waals surface area contributed by atoms with Gasteiger partial charge in [0.1, 0.15) is 5.69 Å². The zero-order valence-electron chi connectivity index (χ0n) is 11.1. The fourth-order valence-corrected chi connectivity index (χ4v) is 4.02. The van der Waals surface area contributed by atoms with Gasteiger partial charge in [-0.2, -0.15) is 0 Å². The molecule has 0 spiro atoms. The number of nitrogens with zero attached hydrogens (tertiary/aromatic N) is 1. The minimum atomic E-state index is -3.76. The van der Waals surface area contributed by atoms with Gasteiger partial charge in [0.05, 0.1) is 9.82 Å². The van der Waals surface area contributed by atoms with E-state index in [2.05, 4.69) is 4.72 Å². The Morgan fingerprint density at radius 2 is 1.95 bits per heavy atom. The Labute approximate surface area is 117 Å². The molecule has 0 saturated heterocycles. The molecule has 1 aliphatic carbocycles. The van der Waals surface area contributed by atoms with Crippen molar-refractivity contribution in [3.8, 4) is 0 Å². The van der Waals surface area contributed by atoms with Gasteiger partial charge in [-0.1, -0.05) is 12.8 Å². The molecule has 0 amide bonds. The summed E-state index contributed by atoms with van der Waals surface area (Å²) in [6.45, 7) is 1.57. The standard InChI is InChI=1S/C12H17N3O4S/c1-8-6-10(13)11(15(16)17)7-12(8)20(18,19)14-9-4-2-3-5-9/h6-7,9,14H,2-5,13H2,1H3. The van der Waals surface area contributed by atoms with Crippen LogP contribution in [0.5, 0.6) is 0 Å². The molecule has 110 valence electrons. The molecule has 20 heavy (non-hydrogen) atoms. The van der Waals surface area contributed by atoms with E-state index in [0.29, 0.717) is 5.56 Å². The lowest BCUT2D eigenvalue weighted by molar-refractivity contribution is -0.384. The highest BCUT2D eigenvalue weighted by atomic mass is 32.2. The van der Waals surface area contributed by atoms with Crippen molar-refractivity contribution < 1.29 is 13.3 Å². The Morgan fingerprint density at radius 3 is 2.50 bits per heavy atom. The number of aryl methyl sites for hydroxylation is 1. The Kier molecular flexibility index (Phi) is 3.96. The maximum Gasteiger partial charge on any atom is 0.293 e. The molecule has 1 aromatic rings. The first-order valence-corrected chi connectivity index (χ1v) is 7.86. The lowest BCUT2D eigenvalue weighted by Gasteiger charge is -2.14. The van der Waals surface area contributed by atoms with Crippen molar-refractivity contribution in [2.75, 3.05) is 5.73 Å². The molecule has 7 nitrogen and oxygen atoms in total. The molecule has 8 heteroatoms. The Hall–Kier alpha value is -1.67. The molecule has 0 aromatic heterocycles. The van der Waals surface area contributed by atoms with Crippen LogP contribution < -0.4 is 10.5 Å². The molecule has 0 aliphatic heterocycles. The maximum atomic E-state index is 12.3. The number of nitro benzene ring substituents is 1. The molecule has 0 atom stereocenters. The fourth-order valence-electron chi connectivity index (χ4n) is 2.47. The zero-order valence-corrected chi connectivity index (χ0v) is 11.9. The van der Waals surface area contributed by atoms with Crippen molar-refractivity contribution in [2.45, 2.75) is 43.5 Å². The smallest absolute Gasteiger partial charge is 0.293 e. The van der Waals surface area contributed by atoms with Gasteiger partial charge in [-0.05, 0) is 31.4 Å². The number of nitrogens with one attached hydrogen (secondary N) is 1. The third-order valence-electron chi connectivity index (χ3n) is 3.49. The van der Waals surface area contributed by atoms with Crippen LogP contribution in [0.4, 0.5) is 11.4 Å². The van der Waals surface area contributed by atoms with Gasteiger partial charge in [-0.15, -0.1) is 0 Å². The van der Waals surface area contributed by atoms with E-state index in [9.17, 15) is 18.5 Å². The van der Waals surface area contributed by atoms with Crippen molar-refractivity contribution in [1.29, 1.82) is 0 Å². The Bertz CT molecular complexity index is 636. The predicted octanol–water partition coefficient (Wildman–Crippen LogP) is 1.71. The van der Waals surface area contributed by atoms with Crippen molar-refractivity contribution >= 4 is 21.4 Å². The van der Waals surface area contributed by atoms with Crippen LogP contribution >= 0.6 is 0 Å². The second kappa shape index (κ2) is 5.37. The molecule has 0 bridgehead atoms. The van der Waals surface area contributed by atoms with Crippen molar-refractivity contribution in [1.82, 2.24) is 4.72 Å². The van der Waals surface area contributed by atoms with E-state index in [-0.39, 0.29) is 22.3 Å². The summed E-state index contributed by atoms with van der Waals surface area (Å²) in [4.78, 5) is 10.1. The Morgan fingerprint density at radius 1 is 1.35 bits per heavy atom. The van der Waals surface area contributed by atoms with Crippen LogP contribution in [0, 0.1) is 17.0 Å². The average molecular weight is 299 g/mol. The summed E-state index contributed by atoms with van der Waals surface area (Å²) in [6.07, 6.45) is 3.59. The third-order valence-corrected chi connectivity index (χ3v) is 5.15. The number of nitro groups is 1. The zero-order chi connectivity index (χ0) is 14.9. The first kappa shape index (κ1) is 14.7. The van der Waals surface area contributed by atoms with Crippen molar-refractivity contribution in [3.63, 3.8) is 0 Å². The molecule has 1 aliphatic rings. The number of nitrogen functional groups attached to an aromatic ring is 1. The van der Waals surface area contributed by atoms with Crippen LogP contribution in [0.25, 0.3) is 0 Å². The van der Waals surface area contributed by atoms with Crippen LogP contribution in [0.1, 0.15) is 31.2 Å². The molecular weight excluding hydrogens is 282 g/mol. The normalized spacial score (nSPS) is 16.4. The van der Waals surface area contributed by atoms with E-state index in [1.807, 2.05) is 0 Å². The highest BCUT2D eigenvalue weighted by Crippen LogP contribution is 2.29. The van der Waals surface area contributed by atoms with Crippen LogP contribution in [-0.2, 0) is 10.0 Å². The third kappa shape index (κ3) is 2.91. The van der Waals surface area contributed by atoms with E-state index in [1.54, 1.807) is 6.92 Å². The first-order valence-electron chi connectivity index (χ1n) is 6.38. The first-order chi connectivity index (χ1) is 9.31. The van der Waals surface area contributed by atoms with Gasteiger partial charge in [0.15, 0.2) is 0 Å². The molecule has 0 unspecified atom stereocenters. The number of rotatable bonds is 4. The molecule has 0 heterocycles. The minimum absolute atomic E-state index is 0.0349. The minimum Gasteiger partial charge on any atom is -0.393 e. The molecular formula is C12H17N3O4S. The van der Waals surface area contributed by atoms with E-state index in [4.69, 9.17) is 5.73 Å². The van der Waals surface area contributed by atoms with Gasteiger partial charge in [-0.25, -0.2) is 13.1 Å². The molecule has 1 saturated carbocycles. The van der Waals surface area contributed by atoms with Crippen LogP contribution in [-0.4, -0.2) is 19.4 Å². The van der Waals surface area contributed by atoms with Gasteiger partial charge in [0.2, 0.25) is 10.0 Å². The van der Waals surface area contributed by atoms with Crippen molar-refractivity contribution in [2.24, 2.45) is 0 Å². The summed E-state index contributed by atoms with van der Waals surface area (Å²) in [5.41, 5.74) is 5.52. The maximum absolute atomic E-state index is 12.3. The lowest BCUT2D eigenvalue weighted by Crippen LogP contribution is -2.33. The van der Waals surface area contributed by atoms with Gasteiger partial charge < -0.3 is 5.73 Å². The SMILES string of the molecule is Cc1cc(N)c([N+](=O)[O-])cc1S(=O)(=O)NC1CCCC1. The lowest BCUT2D eigenvalue weighted by atomic mass is 10.2. The van der Waals surface area contributed by atoms with E-state index < -0.39 is 14.9 Å². The monoisotopic (exact) mass is 299 g/mol. The van der Waals surface area contributed by atoms with E-state index in [0.717, 1.165) is 31.7 Å². The van der Waals surface area contributed by atoms with Crippen molar-refractivity contribution in [3.05, 3.63) is 27.8 Å². The van der Waals surface area contributed by atoms with E-state index >= 15 is 0 Å². The second-order valence-electron chi connectivity index (χ2n) is 5.04. The predicted molar refractivity (Wildman–Crippen MR) is 74.8 cm³/mol. The summed E-state index contributed by atoms with van der Waals surface area (Å²) in [5, 5.41) is 10.9. The molecule has 0 radical (unpaired) electrons. The number of sulfonamides is 1. The summed E-state index contributed by atoms with van der Waals surface area (Å²) in [6, 6.07) is 2.26. The van der Waals surface area contributed by atoms with E-state index in [1.165, 1.54) is 6.07 Å². The second-order valence-corrected chi connectivity index (χ2v) is 6.72. The highest BCUT2D eigenvalue weighted by molar-refractivity contribution is 7.89. The molecule has 2 rings (SSSR count). The van der Waals surface area contributed by atoms with Gasteiger partial charge in [-0.3, -0.25) is 10.1 Å². The summed E-state index contributed by atoms with van der Waals surface area (Å²) >= 11 is 0. The van der Waals surface area contributed by atoms with Gasteiger partial charge >= 0.3 is 0 Å². The summed E-state index contributed by atoms with van der Waals surface area (Å²) < 4.78 is 27.2. The summed E-state index contributed by atoms with van der Waals surface area (Å²) in [7, 11) is -3.76. The molecule has 1 aromatic carbocycles. The number of nitrogens with two attached hydrogens (primary N) is 1. The van der Waals surface area contributed by atoms with Gasteiger partial charge in [0.25, 0.3) is 5.69 Å². The number of benzene rings is 1.